The Bertz CT molecular complexity index is 1830. The molecule has 0 atom stereocenters. The molecule has 4 aromatic heterocycles. The van der Waals surface area contributed by atoms with Crippen molar-refractivity contribution in [3.05, 3.63) is 108 Å². The van der Waals surface area contributed by atoms with Crippen LogP contribution >= 0.6 is 0 Å². The van der Waals surface area contributed by atoms with Crippen molar-refractivity contribution in [2.45, 2.75) is 43.9 Å². The van der Waals surface area contributed by atoms with Crippen LogP contribution in [0.15, 0.2) is 83.5 Å². The molecule has 0 fully saturated rings. The van der Waals surface area contributed by atoms with Gasteiger partial charge in [-0.3, -0.25) is 0 Å². The normalized spacial score (nSPS) is 11.9. The van der Waals surface area contributed by atoms with E-state index in [-0.39, 0.29) is 25.9 Å². The van der Waals surface area contributed by atoms with Crippen LogP contribution < -0.4 is 4.40 Å². The van der Waals surface area contributed by atoms with E-state index in [0.717, 1.165) is 50.1 Å². The second kappa shape index (κ2) is 12.8. The van der Waals surface area contributed by atoms with Gasteiger partial charge in [0.25, 0.3) is 0 Å². The molecule has 0 bridgehead atoms. The van der Waals surface area contributed by atoms with Crippen molar-refractivity contribution in [1.82, 2.24) is 15.0 Å². The molecule has 1 radical (unpaired) electrons. The molecular weight excluding hydrogens is 750 g/mol. The molecule has 0 unspecified atom stereocenters. The van der Waals surface area contributed by atoms with Crippen LogP contribution in [0, 0.1) is 24.9 Å². The van der Waals surface area contributed by atoms with Gasteiger partial charge in [0.2, 0.25) is 5.71 Å². The largest absolute Gasteiger partial charge is 0 e. The minimum atomic E-state index is -1.79. The summed E-state index contributed by atoms with van der Waals surface area (Å²) in [4.78, 5) is 13.4. The summed E-state index contributed by atoms with van der Waals surface area (Å²) in [6, 6.07) is 26.4. The predicted octanol–water partition coefficient (Wildman–Crippen LogP) is 8.51. The summed E-state index contributed by atoms with van der Waals surface area (Å²) in [6.07, 6.45) is 3.69. The van der Waals surface area contributed by atoms with E-state index in [0.29, 0.717) is 5.71 Å². The van der Waals surface area contributed by atoms with E-state index in [1.54, 1.807) is 12.3 Å². The first kappa shape index (κ1) is 29.3. The van der Waals surface area contributed by atoms with Crippen molar-refractivity contribution in [3.8, 4) is 22.5 Å². The van der Waals surface area contributed by atoms with Crippen LogP contribution in [-0.2, 0) is 20.1 Å². The van der Waals surface area contributed by atoms with Gasteiger partial charge in [0.05, 0.1) is 5.58 Å². The second-order valence-corrected chi connectivity index (χ2v) is 21.7. The number of benzene rings is 2. The fraction of sp³-hybridized carbons (Fsp3) is 0.206. The van der Waals surface area contributed by atoms with Gasteiger partial charge in [-0.05, 0) is 36.7 Å². The smallest absolute Gasteiger partial charge is 0 e. The molecule has 6 rings (SSSR count). The van der Waals surface area contributed by atoms with E-state index in [4.69, 9.17) is 5.79 Å². The van der Waals surface area contributed by atoms with Crippen LogP contribution in [0.4, 0.5) is 4.39 Å². The molecule has 0 saturated heterocycles. The maximum absolute atomic E-state index is 12.8. The summed E-state index contributed by atoms with van der Waals surface area (Å²) in [5.41, 5.74) is 6.43. The zero-order chi connectivity index (χ0) is 29.4. The Morgan fingerprint density at radius 3 is 2.39 bits per heavy atom. The average Bonchev–Trinajstić information content (AvgIpc) is 3.31. The van der Waals surface area contributed by atoms with Crippen molar-refractivity contribution in [1.29, 1.82) is 0 Å². The maximum Gasteiger partial charge on any atom is 0 e. The number of rotatable bonds is 4. The minimum Gasteiger partial charge on any atom is 0 e. The third-order valence-electron chi connectivity index (χ3n) is 6.71. The summed E-state index contributed by atoms with van der Waals surface area (Å²) >= 11 is -1.79. The molecule has 7 heteroatoms. The molecule has 211 valence electrons. The van der Waals surface area contributed by atoms with E-state index >= 15 is 0 Å². The maximum atomic E-state index is 12.8. The minimum absolute atomic E-state index is 0. The molecule has 0 aliphatic carbocycles. The Hall–Kier alpha value is -3.19. The fourth-order valence-corrected chi connectivity index (χ4v) is 6.52. The number of pyridine rings is 3. The quantitative estimate of drug-likeness (QED) is 0.133. The number of aromatic nitrogens is 3. The molecule has 2 aromatic carbocycles. The molecule has 6 aromatic rings. The fourth-order valence-electron chi connectivity index (χ4n) is 4.35. The first-order valence-corrected chi connectivity index (χ1v) is 20.6. The SMILES string of the molecule is [2H]C(C)(C)c1ccnc(-c2[c-]ccc3c2oc2nc(C)ccc23)c1.[CH3][Ge]([CH3])([CH3])[c]1ccc(-c2[c-]cc(F)cc2)nc1.[Ir]. The zero-order valence-electron chi connectivity index (χ0n) is 25.0. The first-order valence-electron chi connectivity index (χ1n) is 13.7. The number of nitrogens with zero attached hydrogens (tertiary/aromatic N) is 3. The number of hydrogen-bond donors (Lipinski definition) is 0. The van der Waals surface area contributed by atoms with E-state index in [2.05, 4.69) is 50.4 Å². The van der Waals surface area contributed by atoms with E-state index in [1.165, 1.54) is 16.5 Å². The van der Waals surface area contributed by atoms with Crippen molar-refractivity contribution in [2.75, 3.05) is 0 Å². The van der Waals surface area contributed by atoms with Gasteiger partial charge in [-0.1, -0.05) is 36.4 Å². The number of hydrogen-bond acceptors (Lipinski definition) is 4. The summed E-state index contributed by atoms with van der Waals surface area (Å²) in [5.74, 6) is 6.05. The number of halogens is 1. The summed E-state index contributed by atoms with van der Waals surface area (Å²) < 4.78 is 28.4. The van der Waals surface area contributed by atoms with Crippen LogP contribution in [0.5, 0.6) is 0 Å². The summed E-state index contributed by atoms with van der Waals surface area (Å²) in [6.45, 7) is 5.68. The molecule has 0 N–H and O–H groups in total. The average molecular weight is 783 g/mol. The first-order chi connectivity index (χ1) is 19.4. The molecule has 0 saturated carbocycles. The van der Waals surface area contributed by atoms with Crippen LogP contribution in [-0.4, -0.2) is 28.2 Å². The summed E-state index contributed by atoms with van der Waals surface area (Å²) in [5, 5.41) is 1.99. The molecule has 41 heavy (non-hydrogen) atoms. The van der Waals surface area contributed by atoms with Crippen LogP contribution in [0.3, 0.4) is 0 Å². The third-order valence-corrected chi connectivity index (χ3v) is 11.0. The number of aryl methyl sites for hydroxylation is 1. The zero-order valence-corrected chi connectivity index (χ0v) is 28.5. The third kappa shape index (κ3) is 7.00. The topological polar surface area (TPSA) is 51.8 Å². The van der Waals surface area contributed by atoms with E-state index < -0.39 is 19.2 Å². The molecule has 0 aliphatic heterocycles. The van der Waals surface area contributed by atoms with Gasteiger partial charge in [-0.15, -0.1) is 18.2 Å². The molecule has 0 spiro atoms. The predicted molar refractivity (Wildman–Crippen MR) is 164 cm³/mol. The number of furan rings is 1. The second-order valence-electron chi connectivity index (χ2n) is 11.0. The molecule has 4 nitrogen and oxygen atoms in total. The Labute approximate surface area is 258 Å². The van der Waals surface area contributed by atoms with Gasteiger partial charge in [-0.25, -0.2) is 4.98 Å². The van der Waals surface area contributed by atoms with Crippen LogP contribution in [0.25, 0.3) is 44.6 Å². The van der Waals surface area contributed by atoms with Crippen molar-refractivity contribution in [3.63, 3.8) is 0 Å². The van der Waals surface area contributed by atoms with Crippen LogP contribution in [0.2, 0.25) is 17.3 Å². The monoisotopic (exact) mass is 785 g/mol. The van der Waals surface area contributed by atoms with Gasteiger partial charge < -0.3 is 9.40 Å². The van der Waals surface area contributed by atoms with Crippen molar-refractivity contribution < 1.29 is 30.3 Å². The molecule has 0 amide bonds. The van der Waals surface area contributed by atoms with Gasteiger partial charge >= 0.3 is 104 Å². The Kier molecular flexibility index (Phi) is 9.13. The van der Waals surface area contributed by atoms with Crippen molar-refractivity contribution in [2.24, 2.45) is 0 Å². The molecular formula is C34H32FGeIrN3O-2. The summed E-state index contributed by atoms with van der Waals surface area (Å²) in [7, 11) is 0. The van der Waals surface area contributed by atoms with Gasteiger partial charge in [-0.2, -0.15) is 0 Å². The standard InChI is InChI=1S/C20H17N2O.C14H15FGeN.Ir/c1-12(2)14-9-10-21-18(11-14)17-6-4-5-15-16-8-7-13(3)22-20(16)23-19(15)17;1-16(2,3)13-8-9-14(17-10-13)11-4-6-12(15)7-5-11;/h4-5,7-12H,1-3H3;4,6-10H,1-3H3;/q2*-1;/i12D;;. The van der Waals surface area contributed by atoms with Crippen LogP contribution in [0.1, 0.15) is 32.4 Å². The van der Waals surface area contributed by atoms with Gasteiger partial charge in [0.1, 0.15) is 0 Å². The van der Waals surface area contributed by atoms with E-state index in [1.807, 2.05) is 69.4 Å². The molecule has 4 heterocycles. The molecule has 0 aliphatic rings. The number of fused-ring (bicyclic) bond motifs is 3. The Balaban J connectivity index is 0.000000200. The van der Waals surface area contributed by atoms with Crippen molar-refractivity contribution >= 4 is 39.7 Å². The Morgan fingerprint density at radius 1 is 0.927 bits per heavy atom. The van der Waals surface area contributed by atoms with Gasteiger partial charge in [0.15, 0.2) is 0 Å². The van der Waals surface area contributed by atoms with E-state index in [9.17, 15) is 4.39 Å². The van der Waals surface area contributed by atoms with Gasteiger partial charge in [0, 0.05) is 38.8 Å². The Morgan fingerprint density at radius 2 is 1.73 bits per heavy atom.